The summed E-state index contributed by atoms with van der Waals surface area (Å²) in [7, 11) is 3.60. The summed E-state index contributed by atoms with van der Waals surface area (Å²) in [6, 6.07) is 13.6. The summed E-state index contributed by atoms with van der Waals surface area (Å²) in [5.41, 5.74) is 3.39. The topological polar surface area (TPSA) is 49.1 Å². The smallest absolute Gasteiger partial charge is 0.122 e. The third-order valence-electron chi connectivity index (χ3n) is 3.05. The summed E-state index contributed by atoms with van der Waals surface area (Å²) in [6.45, 7) is 2.56. The summed E-state index contributed by atoms with van der Waals surface area (Å²) in [5.74, 6) is 0.800. The Bertz CT molecular complexity index is 646. The Morgan fingerprint density at radius 3 is 2.75 bits per heavy atom. The zero-order valence-corrected chi connectivity index (χ0v) is 11.9. The second-order valence-corrected chi connectivity index (χ2v) is 4.62. The van der Waals surface area contributed by atoms with Gasteiger partial charge in [-0.15, -0.1) is 0 Å². The Morgan fingerprint density at radius 2 is 2.05 bits per heavy atom. The molecule has 2 aromatic rings. The van der Waals surface area contributed by atoms with Crippen LogP contribution in [0.4, 0.5) is 5.69 Å². The number of para-hydroxylation sites is 1. The van der Waals surface area contributed by atoms with E-state index in [1.165, 1.54) is 0 Å². The Balaban J connectivity index is 2.26. The summed E-state index contributed by atoms with van der Waals surface area (Å²) in [4.78, 5) is 6.51. The number of hydrogen-bond acceptors (Lipinski definition) is 4. The number of benzene rings is 1. The SMILES string of the molecule is COc1cc(C)nc(CN(C)c2ccccc2C#N)c1. The number of methoxy groups -OCH3 is 1. The fraction of sp³-hybridized carbons (Fsp3) is 0.250. The Kier molecular flexibility index (Phi) is 4.21. The lowest BCUT2D eigenvalue weighted by atomic mass is 10.1. The van der Waals surface area contributed by atoms with Gasteiger partial charge in [0.15, 0.2) is 0 Å². The summed E-state index contributed by atoms with van der Waals surface area (Å²) < 4.78 is 5.26. The molecule has 0 amide bonds. The van der Waals surface area contributed by atoms with Gasteiger partial charge in [0.05, 0.1) is 30.6 Å². The second-order valence-electron chi connectivity index (χ2n) is 4.62. The van der Waals surface area contributed by atoms with Gasteiger partial charge in [0.25, 0.3) is 0 Å². The maximum Gasteiger partial charge on any atom is 0.122 e. The van der Waals surface area contributed by atoms with Crippen LogP contribution in [0.1, 0.15) is 17.0 Å². The van der Waals surface area contributed by atoms with Crippen molar-refractivity contribution in [3.8, 4) is 11.8 Å². The van der Waals surface area contributed by atoms with Crippen LogP contribution in [0.2, 0.25) is 0 Å². The van der Waals surface area contributed by atoms with Gasteiger partial charge in [0.1, 0.15) is 11.8 Å². The Hall–Kier alpha value is -2.54. The molecule has 1 aromatic heterocycles. The van der Waals surface area contributed by atoms with Crippen LogP contribution in [0.25, 0.3) is 0 Å². The van der Waals surface area contributed by atoms with E-state index in [9.17, 15) is 0 Å². The molecule has 1 heterocycles. The normalized spacial score (nSPS) is 9.90. The van der Waals surface area contributed by atoms with E-state index in [2.05, 4.69) is 11.1 Å². The molecule has 2 rings (SSSR count). The van der Waals surface area contributed by atoms with Crippen LogP contribution in [0.5, 0.6) is 5.75 Å². The first kappa shape index (κ1) is 13.9. The van der Waals surface area contributed by atoms with Crippen LogP contribution in [0.15, 0.2) is 36.4 Å². The molecule has 0 saturated heterocycles. The van der Waals surface area contributed by atoms with Gasteiger partial charge in [0, 0.05) is 24.9 Å². The van der Waals surface area contributed by atoms with Crippen molar-refractivity contribution in [3.05, 3.63) is 53.3 Å². The van der Waals surface area contributed by atoms with Gasteiger partial charge in [-0.05, 0) is 19.1 Å². The number of ether oxygens (including phenoxy) is 1. The summed E-state index contributed by atoms with van der Waals surface area (Å²) >= 11 is 0. The Morgan fingerprint density at radius 1 is 1.30 bits per heavy atom. The predicted octanol–water partition coefficient (Wildman–Crippen LogP) is 2.91. The lowest BCUT2D eigenvalue weighted by Gasteiger charge is -2.20. The molecule has 0 unspecified atom stereocenters. The highest BCUT2D eigenvalue weighted by molar-refractivity contribution is 5.58. The van der Waals surface area contributed by atoms with Crippen molar-refractivity contribution >= 4 is 5.69 Å². The fourth-order valence-electron chi connectivity index (χ4n) is 2.13. The zero-order chi connectivity index (χ0) is 14.5. The van der Waals surface area contributed by atoms with Gasteiger partial charge in [-0.1, -0.05) is 12.1 Å². The van der Waals surface area contributed by atoms with Gasteiger partial charge >= 0.3 is 0 Å². The molecule has 0 radical (unpaired) electrons. The van der Waals surface area contributed by atoms with E-state index in [1.807, 2.05) is 55.3 Å². The minimum atomic E-state index is 0.622. The summed E-state index contributed by atoms with van der Waals surface area (Å²) in [5, 5.41) is 9.15. The highest BCUT2D eigenvalue weighted by atomic mass is 16.5. The number of aryl methyl sites for hydroxylation is 1. The number of anilines is 1. The standard InChI is InChI=1S/C16H17N3O/c1-12-8-15(20-3)9-14(18-12)11-19(2)16-7-5-4-6-13(16)10-17/h4-9H,11H2,1-3H3. The van der Waals surface area contributed by atoms with E-state index in [0.717, 1.165) is 22.8 Å². The van der Waals surface area contributed by atoms with Crippen LogP contribution in [0.3, 0.4) is 0 Å². The molecule has 0 bridgehead atoms. The molecule has 0 fully saturated rings. The second kappa shape index (κ2) is 6.07. The van der Waals surface area contributed by atoms with E-state index in [-0.39, 0.29) is 0 Å². The third kappa shape index (κ3) is 3.07. The molecule has 0 N–H and O–H groups in total. The van der Waals surface area contributed by atoms with E-state index in [1.54, 1.807) is 7.11 Å². The lowest BCUT2D eigenvalue weighted by molar-refractivity contribution is 0.413. The minimum Gasteiger partial charge on any atom is -0.497 e. The molecule has 4 nitrogen and oxygen atoms in total. The van der Waals surface area contributed by atoms with E-state index in [0.29, 0.717) is 12.1 Å². The minimum absolute atomic E-state index is 0.622. The zero-order valence-electron chi connectivity index (χ0n) is 11.9. The first-order chi connectivity index (χ1) is 9.63. The van der Waals surface area contributed by atoms with Crippen molar-refractivity contribution in [3.63, 3.8) is 0 Å². The van der Waals surface area contributed by atoms with Crippen LogP contribution in [-0.2, 0) is 6.54 Å². The van der Waals surface area contributed by atoms with Gasteiger partial charge in [-0.3, -0.25) is 4.98 Å². The first-order valence-corrected chi connectivity index (χ1v) is 6.36. The molecular weight excluding hydrogens is 250 g/mol. The number of rotatable bonds is 4. The van der Waals surface area contributed by atoms with Crippen molar-refractivity contribution in [2.24, 2.45) is 0 Å². The van der Waals surface area contributed by atoms with Crippen LogP contribution in [-0.4, -0.2) is 19.1 Å². The fourth-order valence-corrected chi connectivity index (χ4v) is 2.13. The van der Waals surface area contributed by atoms with Gasteiger partial charge < -0.3 is 9.64 Å². The van der Waals surface area contributed by atoms with Crippen molar-refractivity contribution in [1.82, 2.24) is 4.98 Å². The maximum absolute atomic E-state index is 9.15. The third-order valence-corrected chi connectivity index (χ3v) is 3.05. The average molecular weight is 267 g/mol. The average Bonchev–Trinajstić information content (AvgIpc) is 2.46. The summed E-state index contributed by atoms with van der Waals surface area (Å²) in [6.07, 6.45) is 0. The molecule has 0 aliphatic rings. The van der Waals surface area contributed by atoms with E-state index >= 15 is 0 Å². The monoisotopic (exact) mass is 267 g/mol. The van der Waals surface area contributed by atoms with Gasteiger partial charge in [-0.25, -0.2) is 0 Å². The Labute approximate surface area is 119 Å². The van der Waals surface area contributed by atoms with Gasteiger partial charge in [0.2, 0.25) is 0 Å². The molecular formula is C16H17N3O. The highest BCUT2D eigenvalue weighted by Gasteiger charge is 2.09. The predicted molar refractivity (Wildman–Crippen MR) is 78.8 cm³/mol. The molecule has 0 atom stereocenters. The van der Waals surface area contributed by atoms with Gasteiger partial charge in [-0.2, -0.15) is 5.26 Å². The number of aromatic nitrogens is 1. The molecule has 1 aromatic carbocycles. The van der Waals surface area contributed by atoms with Crippen molar-refractivity contribution < 1.29 is 4.74 Å². The largest absolute Gasteiger partial charge is 0.497 e. The van der Waals surface area contributed by atoms with Crippen LogP contribution >= 0.6 is 0 Å². The van der Waals surface area contributed by atoms with E-state index in [4.69, 9.17) is 10.00 Å². The molecule has 20 heavy (non-hydrogen) atoms. The van der Waals surface area contributed by atoms with Crippen LogP contribution in [0, 0.1) is 18.3 Å². The first-order valence-electron chi connectivity index (χ1n) is 6.36. The number of nitriles is 1. The molecule has 0 aliphatic carbocycles. The number of hydrogen-bond donors (Lipinski definition) is 0. The molecule has 0 aliphatic heterocycles. The number of nitrogens with zero attached hydrogens (tertiary/aromatic N) is 3. The number of pyridine rings is 1. The highest BCUT2D eigenvalue weighted by Crippen LogP contribution is 2.21. The molecule has 0 saturated carbocycles. The molecule has 102 valence electrons. The molecule has 0 spiro atoms. The quantitative estimate of drug-likeness (QED) is 0.854. The van der Waals surface area contributed by atoms with E-state index < -0.39 is 0 Å². The van der Waals surface area contributed by atoms with Crippen molar-refractivity contribution in [2.75, 3.05) is 19.1 Å². The molecule has 4 heteroatoms. The van der Waals surface area contributed by atoms with Crippen LogP contribution < -0.4 is 9.64 Å². The maximum atomic E-state index is 9.15. The van der Waals surface area contributed by atoms with Crippen molar-refractivity contribution in [1.29, 1.82) is 5.26 Å². The van der Waals surface area contributed by atoms with Crippen molar-refractivity contribution in [2.45, 2.75) is 13.5 Å². The lowest BCUT2D eigenvalue weighted by Crippen LogP contribution is -2.18.